The smallest absolute Gasteiger partial charge is 0.237 e. The van der Waals surface area contributed by atoms with Crippen molar-refractivity contribution in [3.8, 4) is 5.75 Å². The molecular formula is C17H24N2O2. The number of hydrogen-bond acceptors (Lipinski definition) is 3. The molecule has 1 heterocycles. The molecular weight excluding hydrogens is 264 g/mol. The van der Waals surface area contributed by atoms with Gasteiger partial charge in [0.15, 0.2) is 0 Å². The third-order valence-corrected chi connectivity index (χ3v) is 4.49. The molecule has 1 unspecified atom stereocenters. The Kier molecular flexibility index (Phi) is 4.44. The highest BCUT2D eigenvalue weighted by atomic mass is 16.5. The average Bonchev–Trinajstić information content (AvgIpc) is 3.38. The summed E-state index contributed by atoms with van der Waals surface area (Å²) in [6.45, 7) is 0.953. The Bertz CT molecular complexity index is 476. The Morgan fingerprint density at radius 1 is 1.24 bits per heavy atom. The van der Waals surface area contributed by atoms with Gasteiger partial charge in [0.1, 0.15) is 5.75 Å². The summed E-state index contributed by atoms with van der Waals surface area (Å²) in [5, 5.41) is 6.58. The lowest BCUT2D eigenvalue weighted by Gasteiger charge is -2.26. The molecule has 0 bridgehead atoms. The standard InChI is InChI=1S/C17H24N2O2/c1-21-14-9-7-13(8-10-14)16(12-5-6-12)19-17(20)15-4-2-3-11-18-15/h7-10,12,15-16,18H,2-6,11H2,1H3,(H,19,20)/t15-,16?/m0/s1. The van der Waals surface area contributed by atoms with Crippen molar-refractivity contribution in [2.75, 3.05) is 13.7 Å². The molecule has 21 heavy (non-hydrogen) atoms. The number of carbonyl (C=O) groups excluding carboxylic acids is 1. The molecule has 1 aromatic carbocycles. The lowest BCUT2D eigenvalue weighted by atomic mass is 10.00. The van der Waals surface area contributed by atoms with E-state index in [9.17, 15) is 4.79 Å². The highest BCUT2D eigenvalue weighted by Gasteiger charge is 2.34. The van der Waals surface area contributed by atoms with Crippen LogP contribution in [0.25, 0.3) is 0 Å². The van der Waals surface area contributed by atoms with Crippen LogP contribution in [0, 0.1) is 5.92 Å². The topological polar surface area (TPSA) is 50.4 Å². The first-order valence-corrected chi connectivity index (χ1v) is 7.95. The fraction of sp³-hybridized carbons (Fsp3) is 0.588. The Balaban J connectivity index is 1.67. The normalized spacial score (nSPS) is 23.4. The molecule has 1 saturated carbocycles. The predicted octanol–water partition coefficient (Wildman–Crippen LogP) is 2.40. The molecule has 1 saturated heterocycles. The minimum atomic E-state index is -0.0155. The Morgan fingerprint density at radius 3 is 2.57 bits per heavy atom. The SMILES string of the molecule is COc1ccc(C(NC(=O)[C@@H]2CCCCN2)C2CC2)cc1. The van der Waals surface area contributed by atoms with Crippen molar-refractivity contribution in [3.63, 3.8) is 0 Å². The Morgan fingerprint density at radius 2 is 2.00 bits per heavy atom. The average molecular weight is 288 g/mol. The van der Waals surface area contributed by atoms with E-state index >= 15 is 0 Å². The van der Waals surface area contributed by atoms with Gasteiger partial charge in [-0.2, -0.15) is 0 Å². The summed E-state index contributed by atoms with van der Waals surface area (Å²) in [4.78, 5) is 12.4. The van der Waals surface area contributed by atoms with Gasteiger partial charge in [-0.15, -0.1) is 0 Å². The number of methoxy groups -OCH3 is 1. The largest absolute Gasteiger partial charge is 0.497 e. The van der Waals surface area contributed by atoms with Gasteiger partial charge in [-0.3, -0.25) is 4.79 Å². The number of piperidine rings is 1. The number of ether oxygens (including phenoxy) is 1. The van der Waals surface area contributed by atoms with Gasteiger partial charge in [-0.05, 0) is 55.8 Å². The first-order chi connectivity index (χ1) is 10.3. The molecule has 2 atom stereocenters. The van der Waals surface area contributed by atoms with Crippen LogP contribution in [-0.4, -0.2) is 25.6 Å². The second-order valence-corrected chi connectivity index (χ2v) is 6.10. The third kappa shape index (κ3) is 3.56. The summed E-state index contributed by atoms with van der Waals surface area (Å²) in [5.41, 5.74) is 1.18. The fourth-order valence-corrected chi connectivity index (χ4v) is 3.04. The van der Waals surface area contributed by atoms with Crippen molar-refractivity contribution < 1.29 is 9.53 Å². The van der Waals surface area contributed by atoms with Crippen molar-refractivity contribution in [1.29, 1.82) is 0 Å². The maximum absolute atomic E-state index is 12.4. The molecule has 3 rings (SSSR count). The van der Waals surface area contributed by atoms with E-state index in [0.29, 0.717) is 5.92 Å². The minimum absolute atomic E-state index is 0.0155. The van der Waals surface area contributed by atoms with Crippen LogP contribution in [0.15, 0.2) is 24.3 Å². The van der Waals surface area contributed by atoms with Gasteiger partial charge in [-0.25, -0.2) is 0 Å². The van der Waals surface area contributed by atoms with Gasteiger partial charge in [-0.1, -0.05) is 18.6 Å². The molecule has 0 radical (unpaired) electrons. The number of rotatable bonds is 5. The minimum Gasteiger partial charge on any atom is -0.497 e. The van der Waals surface area contributed by atoms with Crippen molar-refractivity contribution in [3.05, 3.63) is 29.8 Å². The summed E-state index contributed by atoms with van der Waals surface area (Å²) < 4.78 is 5.20. The van der Waals surface area contributed by atoms with E-state index in [-0.39, 0.29) is 18.0 Å². The second kappa shape index (κ2) is 6.48. The second-order valence-electron chi connectivity index (χ2n) is 6.10. The van der Waals surface area contributed by atoms with Crippen molar-refractivity contribution in [2.24, 2.45) is 5.92 Å². The van der Waals surface area contributed by atoms with Gasteiger partial charge in [0, 0.05) is 0 Å². The number of benzene rings is 1. The van der Waals surface area contributed by atoms with E-state index in [1.165, 1.54) is 24.8 Å². The van der Waals surface area contributed by atoms with Crippen molar-refractivity contribution >= 4 is 5.91 Å². The zero-order valence-corrected chi connectivity index (χ0v) is 12.6. The lowest BCUT2D eigenvalue weighted by Crippen LogP contribution is -2.47. The van der Waals surface area contributed by atoms with Crippen LogP contribution >= 0.6 is 0 Å². The van der Waals surface area contributed by atoms with Gasteiger partial charge in [0.25, 0.3) is 0 Å². The maximum atomic E-state index is 12.4. The van der Waals surface area contributed by atoms with Crippen LogP contribution in [0.5, 0.6) is 5.75 Å². The fourth-order valence-electron chi connectivity index (χ4n) is 3.04. The van der Waals surface area contributed by atoms with Crippen molar-refractivity contribution in [1.82, 2.24) is 10.6 Å². The molecule has 1 amide bonds. The van der Waals surface area contributed by atoms with Gasteiger partial charge >= 0.3 is 0 Å². The molecule has 2 fully saturated rings. The maximum Gasteiger partial charge on any atom is 0.237 e. The quantitative estimate of drug-likeness (QED) is 0.875. The summed E-state index contributed by atoms with van der Waals surface area (Å²) in [7, 11) is 1.67. The van der Waals surface area contributed by atoms with E-state index < -0.39 is 0 Å². The van der Waals surface area contributed by atoms with Crippen molar-refractivity contribution in [2.45, 2.75) is 44.2 Å². The van der Waals surface area contributed by atoms with Crippen LogP contribution in [-0.2, 0) is 4.79 Å². The molecule has 1 aliphatic heterocycles. The number of amides is 1. The number of carbonyl (C=O) groups is 1. The molecule has 2 N–H and O–H groups in total. The van der Waals surface area contributed by atoms with E-state index in [2.05, 4.69) is 22.8 Å². The van der Waals surface area contributed by atoms with Crippen LogP contribution in [0.1, 0.15) is 43.7 Å². The van der Waals surface area contributed by atoms with Gasteiger partial charge in [0.05, 0.1) is 19.2 Å². The molecule has 0 aromatic heterocycles. The molecule has 114 valence electrons. The number of hydrogen-bond donors (Lipinski definition) is 2. The number of nitrogens with one attached hydrogen (secondary N) is 2. The summed E-state index contributed by atoms with van der Waals surface area (Å²) in [6, 6.07) is 8.20. The van der Waals surface area contributed by atoms with Crippen LogP contribution in [0.2, 0.25) is 0 Å². The summed E-state index contributed by atoms with van der Waals surface area (Å²) in [5.74, 6) is 1.60. The van der Waals surface area contributed by atoms with Crippen LogP contribution in [0.3, 0.4) is 0 Å². The van der Waals surface area contributed by atoms with E-state index in [4.69, 9.17) is 4.74 Å². The first-order valence-electron chi connectivity index (χ1n) is 7.95. The zero-order valence-electron chi connectivity index (χ0n) is 12.6. The Hall–Kier alpha value is -1.55. The molecule has 0 spiro atoms. The third-order valence-electron chi connectivity index (χ3n) is 4.49. The summed E-state index contributed by atoms with van der Waals surface area (Å²) in [6.07, 6.45) is 5.67. The Labute approximate surface area is 126 Å². The van der Waals surface area contributed by atoms with E-state index in [1.54, 1.807) is 7.11 Å². The predicted molar refractivity (Wildman–Crippen MR) is 82.2 cm³/mol. The lowest BCUT2D eigenvalue weighted by molar-refractivity contribution is -0.124. The highest BCUT2D eigenvalue weighted by molar-refractivity contribution is 5.82. The molecule has 2 aliphatic rings. The summed E-state index contributed by atoms with van der Waals surface area (Å²) >= 11 is 0. The molecule has 4 nitrogen and oxygen atoms in total. The van der Waals surface area contributed by atoms with Crippen LogP contribution in [0.4, 0.5) is 0 Å². The van der Waals surface area contributed by atoms with Gasteiger partial charge < -0.3 is 15.4 Å². The highest BCUT2D eigenvalue weighted by Crippen LogP contribution is 2.41. The zero-order chi connectivity index (χ0) is 14.7. The molecule has 1 aromatic rings. The monoisotopic (exact) mass is 288 g/mol. The van der Waals surface area contributed by atoms with Gasteiger partial charge in [0.2, 0.25) is 5.91 Å². The van der Waals surface area contributed by atoms with E-state index in [1.807, 2.05) is 12.1 Å². The van der Waals surface area contributed by atoms with Crippen LogP contribution < -0.4 is 15.4 Å². The molecule has 4 heteroatoms. The molecule has 1 aliphatic carbocycles. The van der Waals surface area contributed by atoms with E-state index in [0.717, 1.165) is 25.1 Å². The first kappa shape index (κ1) is 14.4.